The predicted octanol–water partition coefficient (Wildman–Crippen LogP) is 4.09. The highest BCUT2D eigenvalue weighted by molar-refractivity contribution is 7.89. The van der Waals surface area contributed by atoms with Gasteiger partial charge in [0.1, 0.15) is 22.8 Å². The Bertz CT molecular complexity index is 1220. The van der Waals surface area contributed by atoms with E-state index in [2.05, 4.69) is 10.5 Å². The van der Waals surface area contributed by atoms with Crippen LogP contribution in [0.2, 0.25) is 0 Å². The zero-order chi connectivity index (χ0) is 22.7. The van der Waals surface area contributed by atoms with Crippen LogP contribution in [0, 0.1) is 6.92 Å². The number of hydrogen-bond acceptors (Lipinski definition) is 6. The van der Waals surface area contributed by atoms with Crippen molar-refractivity contribution in [3.8, 4) is 17.0 Å². The van der Waals surface area contributed by atoms with Gasteiger partial charge in [0.2, 0.25) is 10.0 Å². The number of nitrogens with zero attached hydrogens (tertiary/aromatic N) is 2. The lowest BCUT2D eigenvalue weighted by Crippen LogP contribution is -2.35. The maximum atomic E-state index is 13.2. The second kappa shape index (κ2) is 9.13. The maximum Gasteiger partial charge on any atom is 0.261 e. The molecule has 1 aliphatic rings. The van der Waals surface area contributed by atoms with Gasteiger partial charge in [0.25, 0.3) is 5.91 Å². The topological polar surface area (TPSA) is 102 Å². The van der Waals surface area contributed by atoms with E-state index in [4.69, 9.17) is 9.26 Å². The molecule has 1 saturated heterocycles. The van der Waals surface area contributed by atoms with Gasteiger partial charge >= 0.3 is 0 Å². The van der Waals surface area contributed by atoms with Crippen molar-refractivity contribution in [1.29, 1.82) is 0 Å². The molecule has 0 bridgehead atoms. The summed E-state index contributed by atoms with van der Waals surface area (Å²) in [6, 6.07) is 13.7. The first-order chi connectivity index (χ1) is 15.4. The Labute approximate surface area is 187 Å². The van der Waals surface area contributed by atoms with Crippen LogP contribution >= 0.6 is 0 Å². The Morgan fingerprint density at radius 2 is 1.81 bits per heavy atom. The quantitative estimate of drug-likeness (QED) is 0.601. The lowest BCUT2D eigenvalue weighted by atomic mass is 10.1. The number of nitrogens with one attached hydrogen (secondary N) is 1. The Hall–Kier alpha value is -3.17. The average Bonchev–Trinajstić information content (AvgIpc) is 3.21. The smallest absolute Gasteiger partial charge is 0.261 e. The molecule has 0 saturated carbocycles. The van der Waals surface area contributed by atoms with Crippen LogP contribution in [-0.2, 0) is 10.0 Å². The molecule has 1 fully saturated rings. The molecule has 1 N–H and O–H groups in total. The molecule has 168 valence electrons. The fraction of sp³-hybridized carbons (Fsp3) is 0.304. The van der Waals surface area contributed by atoms with Gasteiger partial charge in [-0.05, 0) is 38.0 Å². The number of carbonyl (C=O) groups excluding carboxylic acids is 1. The minimum Gasteiger partial charge on any atom is -0.495 e. The van der Waals surface area contributed by atoms with Crippen LogP contribution in [0.3, 0.4) is 0 Å². The molecule has 1 aromatic heterocycles. The fourth-order valence-corrected chi connectivity index (χ4v) is 5.36. The molecule has 1 aliphatic heterocycles. The number of hydrogen-bond donors (Lipinski definition) is 1. The first-order valence-corrected chi connectivity index (χ1v) is 11.9. The third-order valence-corrected chi connectivity index (χ3v) is 7.40. The van der Waals surface area contributed by atoms with Gasteiger partial charge < -0.3 is 14.6 Å². The third kappa shape index (κ3) is 4.26. The van der Waals surface area contributed by atoms with Gasteiger partial charge in [0.05, 0.1) is 17.7 Å². The number of sulfonamides is 1. The summed E-state index contributed by atoms with van der Waals surface area (Å²) in [6.45, 7) is 2.65. The van der Waals surface area contributed by atoms with Crippen molar-refractivity contribution in [1.82, 2.24) is 9.46 Å². The Kier molecular flexibility index (Phi) is 6.29. The number of anilines is 1. The molecule has 0 spiro atoms. The van der Waals surface area contributed by atoms with Gasteiger partial charge in [-0.3, -0.25) is 4.79 Å². The van der Waals surface area contributed by atoms with Crippen LogP contribution in [0.1, 0.15) is 35.4 Å². The molecular formula is C23H25N3O5S. The summed E-state index contributed by atoms with van der Waals surface area (Å²) in [5, 5.41) is 6.82. The van der Waals surface area contributed by atoms with Gasteiger partial charge in [-0.2, -0.15) is 4.31 Å². The Morgan fingerprint density at radius 1 is 1.09 bits per heavy atom. The van der Waals surface area contributed by atoms with E-state index < -0.39 is 15.9 Å². The summed E-state index contributed by atoms with van der Waals surface area (Å²) in [7, 11) is -2.20. The zero-order valence-electron chi connectivity index (χ0n) is 18.0. The van der Waals surface area contributed by atoms with Crippen molar-refractivity contribution in [2.45, 2.75) is 31.1 Å². The Balaban J connectivity index is 1.67. The van der Waals surface area contributed by atoms with E-state index in [0.717, 1.165) is 24.8 Å². The van der Waals surface area contributed by atoms with Gasteiger partial charge in [-0.25, -0.2) is 8.42 Å². The number of rotatable bonds is 6. The normalized spacial score (nSPS) is 14.8. The second-order valence-electron chi connectivity index (χ2n) is 7.61. The number of aryl methyl sites for hydroxylation is 1. The van der Waals surface area contributed by atoms with Crippen LogP contribution in [0.15, 0.2) is 57.9 Å². The minimum atomic E-state index is -3.66. The zero-order valence-corrected chi connectivity index (χ0v) is 18.8. The van der Waals surface area contributed by atoms with Crippen LogP contribution in [0.25, 0.3) is 11.3 Å². The first-order valence-electron chi connectivity index (χ1n) is 10.4. The van der Waals surface area contributed by atoms with E-state index in [1.807, 2.05) is 30.3 Å². The van der Waals surface area contributed by atoms with Crippen molar-refractivity contribution in [3.63, 3.8) is 0 Å². The number of ether oxygens (including phenoxy) is 1. The molecule has 0 atom stereocenters. The molecular weight excluding hydrogens is 430 g/mol. The number of methoxy groups -OCH3 is 1. The lowest BCUT2D eigenvalue weighted by Gasteiger charge is -2.26. The summed E-state index contributed by atoms with van der Waals surface area (Å²) < 4.78 is 38.3. The van der Waals surface area contributed by atoms with Crippen LogP contribution in [0.5, 0.6) is 5.75 Å². The molecule has 3 aromatic rings. The summed E-state index contributed by atoms with van der Waals surface area (Å²) in [5.74, 6) is 0.247. The van der Waals surface area contributed by atoms with Crippen molar-refractivity contribution in [3.05, 3.63) is 59.9 Å². The van der Waals surface area contributed by atoms with E-state index >= 15 is 0 Å². The van der Waals surface area contributed by atoms with Crippen molar-refractivity contribution in [2.75, 3.05) is 25.5 Å². The SMILES string of the molecule is COc1ccc(S(=O)(=O)N2CCCCC2)cc1NC(=O)c1c(-c2ccccc2)noc1C. The molecule has 0 aliphatic carbocycles. The summed E-state index contributed by atoms with van der Waals surface area (Å²) in [4.78, 5) is 13.3. The maximum absolute atomic E-state index is 13.2. The molecule has 1 amide bonds. The standard InChI is InChI=1S/C23H25N3O5S/c1-16-21(22(25-31-16)17-9-5-3-6-10-17)23(27)24-19-15-18(11-12-20(19)30-2)32(28,29)26-13-7-4-8-14-26/h3,5-6,9-12,15H,4,7-8,13-14H2,1-2H3,(H,24,27). The molecule has 2 heterocycles. The molecule has 9 heteroatoms. The first kappa shape index (κ1) is 22.0. The van der Waals surface area contributed by atoms with E-state index in [-0.39, 0.29) is 16.1 Å². The van der Waals surface area contributed by atoms with Crippen LogP contribution in [0.4, 0.5) is 5.69 Å². The van der Waals surface area contributed by atoms with Crippen LogP contribution < -0.4 is 10.1 Å². The third-order valence-electron chi connectivity index (χ3n) is 5.51. The average molecular weight is 456 g/mol. The summed E-state index contributed by atoms with van der Waals surface area (Å²) >= 11 is 0. The molecule has 0 unspecified atom stereocenters. The predicted molar refractivity (Wildman–Crippen MR) is 120 cm³/mol. The van der Waals surface area contributed by atoms with Gasteiger partial charge in [0, 0.05) is 18.7 Å². The molecule has 8 nitrogen and oxygen atoms in total. The van der Waals surface area contributed by atoms with Crippen molar-refractivity contribution < 1.29 is 22.5 Å². The van der Waals surface area contributed by atoms with Crippen molar-refractivity contribution >= 4 is 21.6 Å². The second-order valence-corrected chi connectivity index (χ2v) is 9.55. The molecule has 0 radical (unpaired) electrons. The van der Waals surface area contributed by atoms with Crippen molar-refractivity contribution in [2.24, 2.45) is 0 Å². The molecule has 32 heavy (non-hydrogen) atoms. The monoisotopic (exact) mass is 455 g/mol. The lowest BCUT2D eigenvalue weighted by molar-refractivity contribution is 0.102. The van der Waals surface area contributed by atoms with Gasteiger partial charge in [-0.15, -0.1) is 0 Å². The summed E-state index contributed by atoms with van der Waals surface area (Å²) in [5.41, 5.74) is 1.69. The highest BCUT2D eigenvalue weighted by Gasteiger charge is 2.28. The molecule has 2 aromatic carbocycles. The largest absolute Gasteiger partial charge is 0.495 e. The highest BCUT2D eigenvalue weighted by atomic mass is 32.2. The highest BCUT2D eigenvalue weighted by Crippen LogP contribution is 2.32. The number of aromatic nitrogens is 1. The van der Waals surface area contributed by atoms with E-state index in [1.54, 1.807) is 13.0 Å². The van der Waals surface area contributed by atoms with Gasteiger partial charge in [0.15, 0.2) is 0 Å². The molecule has 4 rings (SSSR count). The summed E-state index contributed by atoms with van der Waals surface area (Å²) in [6.07, 6.45) is 2.71. The number of amides is 1. The van der Waals surface area contributed by atoms with Gasteiger partial charge in [-0.1, -0.05) is 41.9 Å². The number of piperidine rings is 1. The number of benzene rings is 2. The van der Waals surface area contributed by atoms with E-state index in [0.29, 0.717) is 30.3 Å². The van der Waals surface area contributed by atoms with E-state index in [1.165, 1.54) is 23.5 Å². The van der Waals surface area contributed by atoms with E-state index in [9.17, 15) is 13.2 Å². The number of carbonyl (C=O) groups is 1. The minimum absolute atomic E-state index is 0.112. The van der Waals surface area contributed by atoms with Crippen LogP contribution in [-0.4, -0.2) is 44.0 Å². The fourth-order valence-electron chi connectivity index (χ4n) is 3.82. The Morgan fingerprint density at radius 3 is 2.50 bits per heavy atom.